The number of unbranched alkanes of at least 4 members (excludes halogenated alkanes) is 22. The van der Waals surface area contributed by atoms with E-state index < -0.39 is 13.9 Å². The molecule has 0 spiro atoms. The highest BCUT2D eigenvalue weighted by Crippen LogP contribution is 2.43. The van der Waals surface area contributed by atoms with Crippen molar-refractivity contribution < 1.29 is 32.8 Å². The molecule has 0 aromatic carbocycles. The Morgan fingerprint density at radius 3 is 1.53 bits per heavy atom. The average Bonchev–Trinajstić information content (AvgIpc) is 3.17. The standard InChI is InChI=1S/C46H86NO7P/c1-3-5-7-9-11-13-15-16-17-18-19-20-21-22-23-24-25-26-27-28-29-30-32-34-36-38-41-51-43-45(44-53-55(49,50)52-42-40-47)54-46(48)39-37-35-33-31-14-12-10-8-6-4-2/h5,7,11,13,16-17,19-20,45H,3-4,6,8-10,12,14-15,18,21-44,47H2,1-2H3,(H,49,50)/b7-5-,13-11-,17-16-,20-19-. The smallest absolute Gasteiger partial charge is 0.457 e. The molecule has 0 aromatic heterocycles. The van der Waals surface area contributed by atoms with Crippen LogP contribution in [-0.4, -0.2) is 49.9 Å². The van der Waals surface area contributed by atoms with Crippen LogP contribution >= 0.6 is 7.82 Å². The van der Waals surface area contributed by atoms with Crippen LogP contribution < -0.4 is 5.73 Å². The second-order valence-electron chi connectivity index (χ2n) is 14.9. The van der Waals surface area contributed by atoms with Crippen LogP contribution in [0.4, 0.5) is 0 Å². The summed E-state index contributed by atoms with van der Waals surface area (Å²) < 4.78 is 33.4. The number of esters is 1. The lowest BCUT2D eigenvalue weighted by atomic mass is 10.0. The van der Waals surface area contributed by atoms with Crippen molar-refractivity contribution in [1.82, 2.24) is 0 Å². The topological polar surface area (TPSA) is 117 Å². The Kier molecular flexibility index (Phi) is 42.4. The van der Waals surface area contributed by atoms with Crippen molar-refractivity contribution in [3.63, 3.8) is 0 Å². The van der Waals surface area contributed by atoms with E-state index in [1.165, 1.54) is 122 Å². The van der Waals surface area contributed by atoms with Crippen molar-refractivity contribution in [2.45, 2.75) is 206 Å². The minimum absolute atomic E-state index is 0.0952. The Balaban J connectivity index is 3.87. The predicted molar refractivity (Wildman–Crippen MR) is 233 cm³/mol. The molecule has 0 rings (SSSR count). The van der Waals surface area contributed by atoms with E-state index in [1.807, 2.05) is 0 Å². The molecule has 9 heteroatoms. The molecule has 0 heterocycles. The minimum atomic E-state index is -4.27. The zero-order valence-electron chi connectivity index (χ0n) is 35.7. The number of carbonyl (C=O) groups is 1. The first-order chi connectivity index (χ1) is 26.9. The minimum Gasteiger partial charge on any atom is -0.457 e. The molecule has 0 amide bonds. The maximum Gasteiger partial charge on any atom is 0.472 e. The number of allylic oxidation sites excluding steroid dienone is 8. The van der Waals surface area contributed by atoms with Crippen LogP contribution in [0.5, 0.6) is 0 Å². The highest BCUT2D eigenvalue weighted by molar-refractivity contribution is 7.47. The monoisotopic (exact) mass is 796 g/mol. The van der Waals surface area contributed by atoms with E-state index in [0.717, 1.165) is 57.8 Å². The van der Waals surface area contributed by atoms with Crippen LogP contribution in [-0.2, 0) is 27.9 Å². The summed E-state index contributed by atoms with van der Waals surface area (Å²) >= 11 is 0. The molecule has 0 radical (unpaired) electrons. The lowest BCUT2D eigenvalue weighted by Crippen LogP contribution is -2.28. The molecule has 3 N–H and O–H groups in total. The van der Waals surface area contributed by atoms with Crippen LogP contribution in [0.2, 0.25) is 0 Å². The lowest BCUT2D eigenvalue weighted by molar-refractivity contribution is -0.154. The van der Waals surface area contributed by atoms with Gasteiger partial charge in [-0.3, -0.25) is 13.8 Å². The highest BCUT2D eigenvalue weighted by Gasteiger charge is 2.25. The number of ether oxygens (including phenoxy) is 2. The molecule has 0 saturated heterocycles. The molecule has 2 unspecified atom stereocenters. The van der Waals surface area contributed by atoms with Crippen molar-refractivity contribution in [1.29, 1.82) is 0 Å². The van der Waals surface area contributed by atoms with E-state index in [-0.39, 0.29) is 32.3 Å². The number of nitrogens with two attached hydrogens (primary N) is 1. The quantitative estimate of drug-likeness (QED) is 0.0271. The Hall–Kier alpha value is -1.54. The molecule has 8 nitrogen and oxygen atoms in total. The molecular formula is C46H86NO7P. The van der Waals surface area contributed by atoms with Crippen LogP contribution in [0.25, 0.3) is 0 Å². The number of rotatable bonds is 43. The third-order valence-corrected chi connectivity index (χ3v) is 10.5. The van der Waals surface area contributed by atoms with Gasteiger partial charge in [-0.05, 0) is 51.4 Å². The van der Waals surface area contributed by atoms with Gasteiger partial charge in [-0.2, -0.15) is 0 Å². The molecule has 0 bridgehead atoms. The summed E-state index contributed by atoms with van der Waals surface area (Å²) in [5.74, 6) is -0.332. The van der Waals surface area contributed by atoms with Crippen molar-refractivity contribution in [3.8, 4) is 0 Å². The van der Waals surface area contributed by atoms with Gasteiger partial charge in [-0.25, -0.2) is 4.57 Å². The summed E-state index contributed by atoms with van der Waals surface area (Å²) in [5.41, 5.74) is 5.36. The second-order valence-corrected chi connectivity index (χ2v) is 16.3. The summed E-state index contributed by atoms with van der Waals surface area (Å²) in [6.45, 7) is 4.81. The molecule has 55 heavy (non-hydrogen) atoms. The number of carbonyl (C=O) groups excluding carboxylic acids is 1. The first-order valence-electron chi connectivity index (χ1n) is 22.6. The molecule has 0 aromatic rings. The molecule has 0 fully saturated rings. The summed E-state index contributed by atoms with van der Waals surface area (Å²) in [7, 11) is -4.27. The molecule has 2 atom stereocenters. The van der Waals surface area contributed by atoms with Gasteiger partial charge >= 0.3 is 13.8 Å². The summed E-state index contributed by atoms with van der Waals surface area (Å²) in [6.07, 6.45) is 51.4. The van der Waals surface area contributed by atoms with E-state index in [1.54, 1.807) is 0 Å². The van der Waals surface area contributed by atoms with Gasteiger partial charge in [0.2, 0.25) is 0 Å². The second kappa shape index (κ2) is 43.6. The van der Waals surface area contributed by atoms with Gasteiger partial charge in [0.15, 0.2) is 0 Å². The zero-order valence-corrected chi connectivity index (χ0v) is 36.6. The predicted octanol–water partition coefficient (Wildman–Crippen LogP) is 13.6. The Labute approximate surface area is 339 Å². The van der Waals surface area contributed by atoms with Gasteiger partial charge in [-0.1, -0.05) is 191 Å². The van der Waals surface area contributed by atoms with Crippen LogP contribution in [0.3, 0.4) is 0 Å². The number of phosphoric ester groups is 1. The van der Waals surface area contributed by atoms with E-state index in [0.29, 0.717) is 13.0 Å². The van der Waals surface area contributed by atoms with Crippen molar-refractivity contribution in [2.75, 3.05) is 33.0 Å². The fraction of sp³-hybridized carbons (Fsp3) is 0.804. The highest BCUT2D eigenvalue weighted by atomic mass is 31.2. The fourth-order valence-electron chi connectivity index (χ4n) is 6.22. The molecule has 0 aliphatic heterocycles. The maximum absolute atomic E-state index is 12.5. The zero-order chi connectivity index (χ0) is 40.2. The van der Waals surface area contributed by atoms with Crippen LogP contribution in [0.1, 0.15) is 200 Å². The molecule has 322 valence electrons. The van der Waals surface area contributed by atoms with Crippen molar-refractivity contribution >= 4 is 13.8 Å². The third kappa shape index (κ3) is 43.4. The van der Waals surface area contributed by atoms with Crippen LogP contribution in [0.15, 0.2) is 48.6 Å². The van der Waals surface area contributed by atoms with Gasteiger partial charge in [-0.15, -0.1) is 0 Å². The number of hydrogen-bond acceptors (Lipinski definition) is 7. The SMILES string of the molecule is CC/C=C\C/C=C\C/C=C\C/C=C\CCCCCCCCCCCCCCCOCC(COP(=O)(O)OCCN)OC(=O)CCCCCCCCCCCC. The number of hydrogen-bond donors (Lipinski definition) is 2. The van der Waals surface area contributed by atoms with Gasteiger partial charge < -0.3 is 20.1 Å². The molecule has 0 aliphatic rings. The lowest BCUT2D eigenvalue weighted by Gasteiger charge is -2.20. The van der Waals surface area contributed by atoms with E-state index in [9.17, 15) is 14.3 Å². The number of phosphoric acid groups is 1. The normalized spacial score (nSPS) is 13.9. The van der Waals surface area contributed by atoms with E-state index in [4.69, 9.17) is 24.3 Å². The van der Waals surface area contributed by atoms with Crippen molar-refractivity contribution in [3.05, 3.63) is 48.6 Å². The Morgan fingerprint density at radius 1 is 0.564 bits per heavy atom. The summed E-state index contributed by atoms with van der Waals surface area (Å²) in [5, 5.41) is 0. The first kappa shape index (κ1) is 53.5. The van der Waals surface area contributed by atoms with Crippen LogP contribution in [0, 0.1) is 0 Å². The van der Waals surface area contributed by atoms with E-state index in [2.05, 4.69) is 62.5 Å². The average molecular weight is 796 g/mol. The molecule has 0 saturated carbocycles. The fourth-order valence-corrected chi connectivity index (χ4v) is 6.99. The molecular weight excluding hydrogens is 709 g/mol. The van der Waals surface area contributed by atoms with Crippen molar-refractivity contribution in [2.24, 2.45) is 5.73 Å². The van der Waals surface area contributed by atoms with Gasteiger partial charge in [0.1, 0.15) is 6.10 Å². The first-order valence-corrected chi connectivity index (χ1v) is 24.1. The summed E-state index contributed by atoms with van der Waals surface area (Å²) in [6, 6.07) is 0. The van der Waals surface area contributed by atoms with E-state index >= 15 is 0 Å². The molecule has 0 aliphatic carbocycles. The Morgan fingerprint density at radius 2 is 1.02 bits per heavy atom. The van der Waals surface area contributed by atoms with Gasteiger partial charge in [0.05, 0.1) is 19.8 Å². The van der Waals surface area contributed by atoms with Gasteiger partial charge in [0, 0.05) is 19.6 Å². The summed E-state index contributed by atoms with van der Waals surface area (Å²) in [4.78, 5) is 22.4. The largest absolute Gasteiger partial charge is 0.472 e. The maximum atomic E-state index is 12.5. The van der Waals surface area contributed by atoms with Gasteiger partial charge in [0.25, 0.3) is 0 Å². The Bertz CT molecular complexity index is 983. The third-order valence-electron chi connectivity index (χ3n) is 9.51.